The predicted molar refractivity (Wildman–Crippen MR) is 88.1 cm³/mol. The summed E-state index contributed by atoms with van der Waals surface area (Å²) in [6.07, 6.45) is 8.54. The van der Waals surface area contributed by atoms with Crippen molar-refractivity contribution in [1.29, 1.82) is 0 Å². The molecule has 1 aromatic rings. The molecule has 0 amide bonds. The number of ether oxygens (including phenoxy) is 2. The van der Waals surface area contributed by atoms with Gasteiger partial charge >= 0.3 is 0 Å². The number of anilines is 1. The minimum absolute atomic E-state index is 0.423. The quantitative estimate of drug-likeness (QED) is 0.814. The second-order valence-electron chi connectivity index (χ2n) is 6.12. The Morgan fingerprint density at radius 2 is 2.00 bits per heavy atom. The van der Waals surface area contributed by atoms with Crippen molar-refractivity contribution in [2.45, 2.75) is 52.2 Å². The zero-order chi connectivity index (χ0) is 15.9. The van der Waals surface area contributed by atoms with Crippen molar-refractivity contribution in [2.24, 2.45) is 5.92 Å². The standard InChI is InChI=1S/C17H27N3O2/c1-12(2)9-13-5-7-14(8-6-13)20-17-16(22-4)15(10-21-3)18-11-19-17/h9,11-12,14H,5-8,10H2,1-4H3,(H,18,19,20). The average Bonchev–Trinajstić information content (AvgIpc) is 2.49. The molecule has 1 fully saturated rings. The highest BCUT2D eigenvalue weighted by Gasteiger charge is 2.20. The van der Waals surface area contributed by atoms with E-state index in [4.69, 9.17) is 9.47 Å². The fraction of sp³-hybridized carbons (Fsp3) is 0.647. The summed E-state index contributed by atoms with van der Waals surface area (Å²) in [6.45, 7) is 4.90. The van der Waals surface area contributed by atoms with E-state index in [0.717, 1.165) is 37.2 Å². The first-order valence-electron chi connectivity index (χ1n) is 7.97. The molecule has 0 aliphatic heterocycles. The van der Waals surface area contributed by atoms with E-state index in [-0.39, 0.29) is 0 Å². The molecule has 1 N–H and O–H groups in total. The summed E-state index contributed by atoms with van der Waals surface area (Å²) in [5, 5.41) is 3.51. The summed E-state index contributed by atoms with van der Waals surface area (Å²) < 4.78 is 10.6. The second-order valence-corrected chi connectivity index (χ2v) is 6.12. The molecule has 5 nitrogen and oxygen atoms in total. The first-order chi connectivity index (χ1) is 10.6. The summed E-state index contributed by atoms with van der Waals surface area (Å²) >= 11 is 0. The molecular weight excluding hydrogens is 278 g/mol. The molecule has 122 valence electrons. The summed E-state index contributed by atoms with van der Waals surface area (Å²) in [7, 11) is 3.30. The Morgan fingerprint density at radius 1 is 1.27 bits per heavy atom. The highest BCUT2D eigenvalue weighted by molar-refractivity contribution is 5.52. The Labute approximate surface area is 133 Å². The van der Waals surface area contributed by atoms with Crippen molar-refractivity contribution in [3.63, 3.8) is 0 Å². The summed E-state index contributed by atoms with van der Waals surface area (Å²) in [4.78, 5) is 8.56. The van der Waals surface area contributed by atoms with Crippen molar-refractivity contribution in [3.8, 4) is 5.75 Å². The zero-order valence-corrected chi connectivity index (χ0v) is 14.1. The fourth-order valence-electron chi connectivity index (χ4n) is 2.93. The Bertz CT molecular complexity index is 505. The van der Waals surface area contributed by atoms with Crippen LogP contribution in [0.15, 0.2) is 18.0 Å². The lowest BCUT2D eigenvalue weighted by atomic mass is 9.89. The van der Waals surface area contributed by atoms with Crippen molar-refractivity contribution in [3.05, 3.63) is 23.7 Å². The van der Waals surface area contributed by atoms with Gasteiger partial charge in [-0.2, -0.15) is 0 Å². The van der Waals surface area contributed by atoms with Crippen LogP contribution >= 0.6 is 0 Å². The lowest BCUT2D eigenvalue weighted by Gasteiger charge is -2.26. The molecule has 0 bridgehead atoms. The van der Waals surface area contributed by atoms with Crippen LogP contribution in [0.3, 0.4) is 0 Å². The topological polar surface area (TPSA) is 56.3 Å². The molecule has 0 radical (unpaired) electrons. The van der Waals surface area contributed by atoms with E-state index in [1.54, 1.807) is 26.1 Å². The van der Waals surface area contributed by atoms with Crippen LogP contribution in [0.2, 0.25) is 0 Å². The largest absolute Gasteiger partial charge is 0.491 e. The van der Waals surface area contributed by atoms with E-state index in [2.05, 4.69) is 35.2 Å². The van der Waals surface area contributed by atoms with Gasteiger partial charge in [0.1, 0.15) is 12.0 Å². The molecule has 0 saturated heterocycles. The molecule has 22 heavy (non-hydrogen) atoms. The molecule has 1 aromatic heterocycles. The Hall–Kier alpha value is -1.62. The van der Waals surface area contributed by atoms with Crippen LogP contribution in [0.25, 0.3) is 0 Å². The van der Waals surface area contributed by atoms with Crippen molar-refractivity contribution in [1.82, 2.24) is 9.97 Å². The third-order valence-electron chi connectivity index (χ3n) is 3.90. The second kappa shape index (κ2) is 8.13. The van der Waals surface area contributed by atoms with Crippen LogP contribution in [0, 0.1) is 5.92 Å². The van der Waals surface area contributed by atoms with Gasteiger partial charge in [0.25, 0.3) is 0 Å². The van der Waals surface area contributed by atoms with Crippen molar-refractivity contribution < 1.29 is 9.47 Å². The molecular formula is C17H27N3O2. The number of rotatable bonds is 6. The molecule has 1 aliphatic rings. The minimum atomic E-state index is 0.423. The normalized spacial score (nSPS) is 18.4. The average molecular weight is 305 g/mol. The van der Waals surface area contributed by atoms with Crippen LogP contribution in [-0.4, -0.2) is 30.2 Å². The summed E-state index contributed by atoms with van der Waals surface area (Å²) in [5.41, 5.74) is 2.36. The van der Waals surface area contributed by atoms with E-state index < -0.39 is 0 Å². The molecule has 1 saturated carbocycles. The molecule has 0 aromatic carbocycles. The van der Waals surface area contributed by atoms with Gasteiger partial charge in [0.05, 0.1) is 13.7 Å². The first-order valence-corrected chi connectivity index (χ1v) is 7.97. The maximum Gasteiger partial charge on any atom is 0.185 e. The first kappa shape index (κ1) is 16.7. The molecule has 2 rings (SSSR count). The van der Waals surface area contributed by atoms with Gasteiger partial charge in [0.15, 0.2) is 11.6 Å². The predicted octanol–water partition coefficient (Wildman–Crippen LogP) is 3.57. The monoisotopic (exact) mass is 305 g/mol. The maximum absolute atomic E-state index is 5.47. The van der Waals surface area contributed by atoms with E-state index in [1.807, 2.05) is 0 Å². The van der Waals surface area contributed by atoms with Gasteiger partial charge in [-0.1, -0.05) is 25.5 Å². The number of aromatic nitrogens is 2. The molecule has 0 spiro atoms. The van der Waals surface area contributed by atoms with Gasteiger partial charge in [-0.05, 0) is 31.6 Å². The van der Waals surface area contributed by atoms with Gasteiger partial charge in [-0.3, -0.25) is 0 Å². The number of hydrogen-bond donors (Lipinski definition) is 1. The summed E-state index contributed by atoms with van der Waals surface area (Å²) in [5.74, 6) is 2.09. The van der Waals surface area contributed by atoms with Gasteiger partial charge in [0, 0.05) is 13.2 Å². The van der Waals surface area contributed by atoms with Crippen LogP contribution < -0.4 is 10.1 Å². The summed E-state index contributed by atoms with van der Waals surface area (Å²) in [6, 6.07) is 0.434. The SMILES string of the molecule is COCc1ncnc(NC2CCC(=CC(C)C)CC2)c1OC. The van der Waals surface area contributed by atoms with E-state index >= 15 is 0 Å². The number of nitrogens with zero attached hydrogens (tertiary/aromatic N) is 2. The number of nitrogens with one attached hydrogen (secondary N) is 1. The molecule has 0 atom stereocenters. The van der Waals surface area contributed by atoms with Crippen LogP contribution in [0.1, 0.15) is 45.2 Å². The lowest BCUT2D eigenvalue weighted by molar-refractivity contribution is 0.178. The van der Waals surface area contributed by atoms with E-state index in [9.17, 15) is 0 Å². The van der Waals surface area contributed by atoms with E-state index in [0.29, 0.717) is 24.3 Å². The Morgan fingerprint density at radius 3 is 2.59 bits per heavy atom. The van der Waals surface area contributed by atoms with Crippen LogP contribution in [-0.2, 0) is 11.3 Å². The molecule has 5 heteroatoms. The Kier molecular flexibility index (Phi) is 6.19. The lowest BCUT2D eigenvalue weighted by Crippen LogP contribution is -2.24. The molecule has 1 heterocycles. The van der Waals surface area contributed by atoms with Crippen LogP contribution in [0.5, 0.6) is 5.75 Å². The maximum atomic E-state index is 5.47. The van der Waals surface area contributed by atoms with Crippen LogP contribution in [0.4, 0.5) is 5.82 Å². The van der Waals surface area contributed by atoms with Gasteiger partial charge in [0.2, 0.25) is 0 Å². The fourth-order valence-corrected chi connectivity index (χ4v) is 2.93. The number of hydrogen-bond acceptors (Lipinski definition) is 5. The Balaban J connectivity index is 2.01. The number of methoxy groups -OCH3 is 2. The van der Waals surface area contributed by atoms with Crippen molar-refractivity contribution >= 4 is 5.82 Å². The highest BCUT2D eigenvalue weighted by Crippen LogP contribution is 2.30. The smallest absolute Gasteiger partial charge is 0.185 e. The van der Waals surface area contributed by atoms with Gasteiger partial charge in [-0.15, -0.1) is 0 Å². The molecule has 0 unspecified atom stereocenters. The highest BCUT2D eigenvalue weighted by atomic mass is 16.5. The van der Waals surface area contributed by atoms with Gasteiger partial charge < -0.3 is 14.8 Å². The van der Waals surface area contributed by atoms with Gasteiger partial charge in [-0.25, -0.2) is 9.97 Å². The van der Waals surface area contributed by atoms with E-state index in [1.165, 1.54) is 0 Å². The molecule has 1 aliphatic carbocycles. The third kappa shape index (κ3) is 4.44. The zero-order valence-electron chi connectivity index (χ0n) is 14.1. The van der Waals surface area contributed by atoms with Crippen molar-refractivity contribution in [2.75, 3.05) is 19.5 Å². The minimum Gasteiger partial charge on any atom is -0.491 e. The number of allylic oxidation sites excluding steroid dienone is 2. The third-order valence-corrected chi connectivity index (χ3v) is 3.90.